The largest absolute Gasteiger partial charge is 0.0651 e. The Kier molecular flexibility index (Phi) is 3.04. The van der Waals surface area contributed by atoms with Crippen molar-refractivity contribution in [2.45, 2.75) is 59.8 Å². The Balaban J connectivity index is 1.85. The van der Waals surface area contributed by atoms with E-state index < -0.39 is 0 Å². The van der Waals surface area contributed by atoms with E-state index in [4.69, 9.17) is 0 Å². The molecule has 0 aromatic rings. The first kappa shape index (κ1) is 12.1. The fraction of sp³-hybridized carbons (Fsp3) is 1.00. The van der Waals surface area contributed by atoms with E-state index in [0.29, 0.717) is 0 Å². The lowest BCUT2D eigenvalue weighted by Crippen LogP contribution is -2.43. The Hall–Kier alpha value is 0. The van der Waals surface area contributed by atoms with Gasteiger partial charge in [-0.25, -0.2) is 0 Å². The molecule has 17 heavy (non-hydrogen) atoms. The standard InChI is InChI=1S/C17H30/c1-5-12-7-10(3)16-14-8-13(6-2)15(9-14)17(16)11(12)4/h10-17H,5-9H2,1-4H3. The quantitative estimate of drug-likeness (QED) is 0.631. The van der Waals surface area contributed by atoms with Crippen LogP contribution in [-0.2, 0) is 0 Å². The van der Waals surface area contributed by atoms with Crippen LogP contribution in [-0.4, -0.2) is 0 Å². The van der Waals surface area contributed by atoms with E-state index in [0.717, 1.165) is 47.3 Å². The Morgan fingerprint density at radius 1 is 0.824 bits per heavy atom. The molecular formula is C17H30. The summed E-state index contributed by atoms with van der Waals surface area (Å²) in [5, 5.41) is 0. The van der Waals surface area contributed by atoms with Crippen molar-refractivity contribution in [3.8, 4) is 0 Å². The topological polar surface area (TPSA) is 0 Å². The summed E-state index contributed by atoms with van der Waals surface area (Å²) in [6, 6.07) is 0. The summed E-state index contributed by atoms with van der Waals surface area (Å²) in [5.41, 5.74) is 0. The van der Waals surface area contributed by atoms with E-state index in [-0.39, 0.29) is 0 Å². The summed E-state index contributed by atoms with van der Waals surface area (Å²) in [5.74, 6) is 8.61. The molecule has 0 N–H and O–H groups in total. The smallest absolute Gasteiger partial charge is 0.0321 e. The second kappa shape index (κ2) is 4.28. The van der Waals surface area contributed by atoms with E-state index in [1.54, 1.807) is 12.8 Å². The Morgan fingerprint density at radius 3 is 2.18 bits per heavy atom. The zero-order chi connectivity index (χ0) is 12.2. The number of fused-ring (bicyclic) bond motifs is 5. The van der Waals surface area contributed by atoms with Crippen LogP contribution >= 0.6 is 0 Å². The normalized spacial score (nSPS) is 57.2. The molecule has 3 aliphatic rings. The molecule has 3 fully saturated rings. The van der Waals surface area contributed by atoms with Crippen LogP contribution in [0.2, 0.25) is 0 Å². The van der Waals surface area contributed by atoms with Crippen LogP contribution in [0.4, 0.5) is 0 Å². The molecule has 0 aromatic heterocycles. The molecule has 0 amide bonds. The average molecular weight is 234 g/mol. The van der Waals surface area contributed by atoms with Gasteiger partial charge in [0.2, 0.25) is 0 Å². The molecule has 3 saturated carbocycles. The Morgan fingerprint density at radius 2 is 1.53 bits per heavy atom. The second-order valence-electron chi connectivity index (χ2n) is 7.46. The van der Waals surface area contributed by atoms with Gasteiger partial charge in [-0.05, 0) is 66.6 Å². The molecule has 0 saturated heterocycles. The summed E-state index contributed by atoms with van der Waals surface area (Å²) >= 11 is 0. The maximum absolute atomic E-state index is 2.59. The third-order valence-corrected chi connectivity index (χ3v) is 7.00. The van der Waals surface area contributed by atoms with Gasteiger partial charge in [0.1, 0.15) is 0 Å². The van der Waals surface area contributed by atoms with Gasteiger partial charge in [-0.2, -0.15) is 0 Å². The molecule has 3 aliphatic carbocycles. The summed E-state index contributed by atoms with van der Waals surface area (Å²) < 4.78 is 0. The van der Waals surface area contributed by atoms with Crippen molar-refractivity contribution >= 4 is 0 Å². The molecule has 8 unspecified atom stereocenters. The lowest BCUT2D eigenvalue weighted by molar-refractivity contribution is -0.00688. The molecule has 98 valence electrons. The first-order valence-corrected chi connectivity index (χ1v) is 8.17. The molecule has 0 aliphatic heterocycles. The van der Waals surface area contributed by atoms with Gasteiger partial charge in [0.05, 0.1) is 0 Å². The number of hydrogen-bond acceptors (Lipinski definition) is 0. The van der Waals surface area contributed by atoms with Gasteiger partial charge in [-0.15, -0.1) is 0 Å². The zero-order valence-electron chi connectivity index (χ0n) is 12.2. The molecule has 0 heterocycles. The van der Waals surface area contributed by atoms with E-state index in [9.17, 15) is 0 Å². The van der Waals surface area contributed by atoms with Gasteiger partial charge in [-0.3, -0.25) is 0 Å². The van der Waals surface area contributed by atoms with Crippen LogP contribution in [0, 0.1) is 47.3 Å². The molecule has 8 atom stereocenters. The highest BCUT2D eigenvalue weighted by atomic mass is 14.6. The fourth-order valence-corrected chi connectivity index (χ4v) is 6.34. The van der Waals surface area contributed by atoms with Crippen LogP contribution in [0.15, 0.2) is 0 Å². The summed E-state index contributed by atoms with van der Waals surface area (Å²) in [7, 11) is 0. The van der Waals surface area contributed by atoms with Crippen molar-refractivity contribution in [1.29, 1.82) is 0 Å². The van der Waals surface area contributed by atoms with Crippen LogP contribution < -0.4 is 0 Å². The first-order valence-electron chi connectivity index (χ1n) is 8.17. The Bertz CT molecular complexity index is 282. The van der Waals surface area contributed by atoms with Crippen molar-refractivity contribution in [2.75, 3.05) is 0 Å². The van der Waals surface area contributed by atoms with Gasteiger partial charge in [-0.1, -0.05) is 40.5 Å². The monoisotopic (exact) mass is 234 g/mol. The van der Waals surface area contributed by atoms with E-state index in [1.165, 1.54) is 19.3 Å². The third kappa shape index (κ3) is 1.62. The SMILES string of the molecule is CCC1CC(C)C2C3CC(CC)C(C3)C2C1C. The zero-order valence-corrected chi connectivity index (χ0v) is 12.2. The highest BCUT2D eigenvalue weighted by molar-refractivity contribution is 5.06. The van der Waals surface area contributed by atoms with E-state index >= 15 is 0 Å². The lowest BCUT2D eigenvalue weighted by atomic mass is 9.56. The van der Waals surface area contributed by atoms with Crippen molar-refractivity contribution in [1.82, 2.24) is 0 Å². The maximum atomic E-state index is 2.59. The average Bonchev–Trinajstić information content (AvgIpc) is 2.90. The molecule has 0 spiro atoms. The highest BCUT2D eigenvalue weighted by Crippen LogP contribution is 2.64. The van der Waals surface area contributed by atoms with Crippen LogP contribution in [0.1, 0.15) is 59.8 Å². The number of rotatable bonds is 2. The minimum atomic E-state index is 1.02. The molecule has 0 aromatic carbocycles. The van der Waals surface area contributed by atoms with E-state index in [2.05, 4.69) is 27.7 Å². The van der Waals surface area contributed by atoms with E-state index in [1.807, 2.05) is 0 Å². The summed E-state index contributed by atoms with van der Waals surface area (Å²) in [6.45, 7) is 9.99. The van der Waals surface area contributed by atoms with Gasteiger partial charge < -0.3 is 0 Å². The molecule has 0 radical (unpaired) electrons. The van der Waals surface area contributed by atoms with Crippen LogP contribution in [0.3, 0.4) is 0 Å². The predicted octanol–water partition coefficient (Wildman–Crippen LogP) is 4.99. The minimum absolute atomic E-state index is 1.02. The fourth-order valence-electron chi connectivity index (χ4n) is 6.34. The second-order valence-corrected chi connectivity index (χ2v) is 7.46. The van der Waals surface area contributed by atoms with Gasteiger partial charge in [0.25, 0.3) is 0 Å². The highest BCUT2D eigenvalue weighted by Gasteiger charge is 2.57. The van der Waals surface area contributed by atoms with Crippen molar-refractivity contribution in [2.24, 2.45) is 47.3 Å². The molecule has 3 rings (SSSR count). The van der Waals surface area contributed by atoms with Crippen LogP contribution in [0.25, 0.3) is 0 Å². The van der Waals surface area contributed by atoms with Gasteiger partial charge in [0.15, 0.2) is 0 Å². The van der Waals surface area contributed by atoms with Gasteiger partial charge in [0, 0.05) is 0 Å². The van der Waals surface area contributed by atoms with Gasteiger partial charge >= 0.3 is 0 Å². The number of hydrogen-bond donors (Lipinski definition) is 0. The molecule has 2 bridgehead atoms. The summed E-state index contributed by atoms with van der Waals surface area (Å²) in [6.07, 6.45) is 7.57. The molecule has 0 nitrogen and oxygen atoms in total. The third-order valence-electron chi connectivity index (χ3n) is 7.00. The lowest BCUT2D eigenvalue weighted by Gasteiger charge is -2.49. The summed E-state index contributed by atoms with van der Waals surface area (Å²) in [4.78, 5) is 0. The van der Waals surface area contributed by atoms with Crippen LogP contribution in [0.5, 0.6) is 0 Å². The van der Waals surface area contributed by atoms with Crippen molar-refractivity contribution < 1.29 is 0 Å². The molecule has 0 heteroatoms. The minimum Gasteiger partial charge on any atom is -0.0651 e. The van der Waals surface area contributed by atoms with Crippen molar-refractivity contribution in [3.05, 3.63) is 0 Å². The maximum Gasteiger partial charge on any atom is -0.0321 e. The predicted molar refractivity (Wildman–Crippen MR) is 73.7 cm³/mol. The Labute approximate surface area is 108 Å². The molecular weight excluding hydrogens is 204 g/mol. The first-order chi connectivity index (χ1) is 8.17. The van der Waals surface area contributed by atoms with Crippen molar-refractivity contribution in [3.63, 3.8) is 0 Å².